The zero-order chi connectivity index (χ0) is 18.0. The normalized spacial score (nSPS) is 21.4. The molecule has 1 unspecified atom stereocenters. The highest BCUT2D eigenvalue weighted by atomic mass is 32.2. The van der Waals surface area contributed by atoms with Gasteiger partial charge in [-0.1, -0.05) is 0 Å². The van der Waals surface area contributed by atoms with Crippen LogP contribution in [0.5, 0.6) is 0 Å². The lowest BCUT2D eigenvalue weighted by Crippen LogP contribution is -2.44. The molecular weight excluding hydrogens is 358 g/mol. The van der Waals surface area contributed by atoms with E-state index in [0.717, 1.165) is 31.2 Å². The molecule has 0 aromatic carbocycles. The van der Waals surface area contributed by atoms with Crippen molar-refractivity contribution in [2.45, 2.75) is 45.4 Å². The van der Waals surface area contributed by atoms with Gasteiger partial charge in [-0.05, 0) is 51.0 Å². The number of hydrogen-bond donors (Lipinski definition) is 1. The third-order valence-corrected chi connectivity index (χ3v) is 8.09. The molecule has 3 rings (SSSR count). The second-order valence-electron chi connectivity index (χ2n) is 6.61. The maximum Gasteiger partial charge on any atom is 0.229 e. The van der Waals surface area contributed by atoms with Crippen LogP contribution in [0, 0.1) is 17.2 Å². The lowest BCUT2D eigenvalue weighted by Gasteiger charge is -2.30. The van der Waals surface area contributed by atoms with E-state index in [-0.39, 0.29) is 24.1 Å². The van der Waals surface area contributed by atoms with Crippen molar-refractivity contribution in [2.75, 3.05) is 24.2 Å². The van der Waals surface area contributed by atoms with Crippen molar-refractivity contribution in [3.8, 4) is 6.07 Å². The molecule has 1 aromatic rings. The number of nitrogens with one attached hydrogen (secondary N) is 1. The van der Waals surface area contributed by atoms with Crippen LogP contribution in [0.15, 0.2) is 0 Å². The van der Waals surface area contributed by atoms with Gasteiger partial charge in [-0.2, -0.15) is 5.26 Å². The van der Waals surface area contributed by atoms with Crippen LogP contribution in [0.1, 0.15) is 48.6 Å². The molecule has 1 aromatic heterocycles. The molecular formula is C17H23N3O3S2. The summed E-state index contributed by atoms with van der Waals surface area (Å²) in [4.78, 5) is 13.9. The van der Waals surface area contributed by atoms with E-state index in [1.54, 1.807) is 6.92 Å². The molecule has 1 amide bonds. The Labute approximate surface area is 152 Å². The van der Waals surface area contributed by atoms with Crippen molar-refractivity contribution < 1.29 is 13.2 Å². The molecule has 8 heteroatoms. The number of amides is 1. The molecule has 1 aliphatic carbocycles. The van der Waals surface area contributed by atoms with E-state index in [1.807, 2.05) is 0 Å². The van der Waals surface area contributed by atoms with Gasteiger partial charge >= 0.3 is 0 Å². The summed E-state index contributed by atoms with van der Waals surface area (Å²) in [6, 6.07) is 2.24. The zero-order valence-corrected chi connectivity index (χ0v) is 16.0. The maximum atomic E-state index is 12.7. The summed E-state index contributed by atoms with van der Waals surface area (Å²) in [7, 11) is -3.27. The molecule has 1 atom stereocenters. The number of anilines is 1. The van der Waals surface area contributed by atoms with Gasteiger partial charge in [0.25, 0.3) is 0 Å². The number of nitriles is 1. The smallest absolute Gasteiger partial charge is 0.229 e. The Morgan fingerprint density at radius 3 is 2.84 bits per heavy atom. The predicted molar refractivity (Wildman–Crippen MR) is 98.1 cm³/mol. The van der Waals surface area contributed by atoms with Crippen molar-refractivity contribution >= 4 is 32.3 Å². The van der Waals surface area contributed by atoms with Gasteiger partial charge in [0.15, 0.2) is 0 Å². The van der Waals surface area contributed by atoms with E-state index in [2.05, 4.69) is 11.4 Å². The Morgan fingerprint density at radius 1 is 1.36 bits per heavy atom. The summed E-state index contributed by atoms with van der Waals surface area (Å²) in [6.07, 6.45) is 5.43. The fourth-order valence-electron chi connectivity index (χ4n) is 3.58. The van der Waals surface area contributed by atoms with E-state index >= 15 is 0 Å². The lowest BCUT2D eigenvalue weighted by atomic mass is 9.96. The molecule has 6 nitrogen and oxygen atoms in total. The third-order valence-electron chi connectivity index (χ3n) is 5.03. The highest BCUT2D eigenvalue weighted by molar-refractivity contribution is 7.89. The summed E-state index contributed by atoms with van der Waals surface area (Å²) < 4.78 is 25.6. The summed E-state index contributed by atoms with van der Waals surface area (Å²) in [5.74, 6) is -0.482. The number of thiophene rings is 1. The molecule has 0 spiro atoms. The summed E-state index contributed by atoms with van der Waals surface area (Å²) in [6.45, 7) is 2.33. The Kier molecular flexibility index (Phi) is 5.46. The van der Waals surface area contributed by atoms with E-state index in [4.69, 9.17) is 0 Å². The van der Waals surface area contributed by atoms with Crippen molar-refractivity contribution in [2.24, 2.45) is 5.92 Å². The number of hydrogen-bond acceptors (Lipinski definition) is 5. The van der Waals surface area contributed by atoms with E-state index in [1.165, 1.54) is 20.5 Å². The number of carbonyl (C=O) groups excluding carboxylic acids is 1. The van der Waals surface area contributed by atoms with Gasteiger partial charge in [0, 0.05) is 18.0 Å². The number of piperidine rings is 1. The maximum absolute atomic E-state index is 12.7. The van der Waals surface area contributed by atoms with E-state index < -0.39 is 10.0 Å². The predicted octanol–water partition coefficient (Wildman–Crippen LogP) is 2.50. The summed E-state index contributed by atoms with van der Waals surface area (Å²) >= 11 is 1.50. The quantitative estimate of drug-likeness (QED) is 0.867. The summed E-state index contributed by atoms with van der Waals surface area (Å²) in [5.41, 5.74) is 1.69. The van der Waals surface area contributed by atoms with Crippen LogP contribution in [-0.2, 0) is 27.7 Å². The van der Waals surface area contributed by atoms with Gasteiger partial charge in [-0.15, -0.1) is 11.3 Å². The first-order chi connectivity index (χ1) is 12.0. The fraction of sp³-hybridized carbons (Fsp3) is 0.647. The first-order valence-electron chi connectivity index (χ1n) is 8.79. The third kappa shape index (κ3) is 3.73. The van der Waals surface area contributed by atoms with Crippen LogP contribution >= 0.6 is 11.3 Å². The molecule has 1 saturated heterocycles. The van der Waals surface area contributed by atoms with Crippen molar-refractivity contribution in [1.82, 2.24) is 4.31 Å². The van der Waals surface area contributed by atoms with Crippen LogP contribution < -0.4 is 5.32 Å². The average molecular weight is 382 g/mol. The molecule has 0 bridgehead atoms. The molecule has 2 heterocycles. The number of aryl methyl sites for hydroxylation is 1. The second-order valence-corrected chi connectivity index (χ2v) is 9.98. The average Bonchev–Trinajstić information content (AvgIpc) is 2.98. The van der Waals surface area contributed by atoms with Gasteiger partial charge in [0.05, 0.1) is 17.2 Å². The highest BCUT2D eigenvalue weighted by Gasteiger charge is 2.32. The minimum Gasteiger partial charge on any atom is -0.316 e. The number of carbonyl (C=O) groups is 1. The van der Waals surface area contributed by atoms with Gasteiger partial charge in [0.2, 0.25) is 15.9 Å². The first-order valence-corrected chi connectivity index (χ1v) is 11.2. The van der Waals surface area contributed by atoms with Crippen LogP contribution in [-0.4, -0.2) is 37.5 Å². The molecule has 2 aliphatic rings. The summed E-state index contributed by atoms with van der Waals surface area (Å²) in [5, 5.41) is 13.0. The Hall–Kier alpha value is -1.43. The molecule has 136 valence electrons. The largest absolute Gasteiger partial charge is 0.316 e. The Bertz CT molecular complexity index is 808. The SMILES string of the molecule is CCS(=O)(=O)N1CCCC(C(=O)Nc2sc3c(c2C#N)CCCC3)C1. The zero-order valence-electron chi connectivity index (χ0n) is 14.4. The Balaban J connectivity index is 1.74. The molecule has 25 heavy (non-hydrogen) atoms. The van der Waals surface area contributed by atoms with E-state index in [9.17, 15) is 18.5 Å². The van der Waals surface area contributed by atoms with Crippen LogP contribution in [0.4, 0.5) is 5.00 Å². The van der Waals surface area contributed by atoms with Gasteiger partial charge < -0.3 is 5.32 Å². The van der Waals surface area contributed by atoms with Crippen molar-refractivity contribution in [3.05, 3.63) is 16.0 Å². The molecule has 1 N–H and O–H groups in total. The topological polar surface area (TPSA) is 90.3 Å². The number of nitrogens with zero attached hydrogens (tertiary/aromatic N) is 2. The van der Waals surface area contributed by atoms with E-state index in [0.29, 0.717) is 30.0 Å². The number of rotatable bonds is 4. The van der Waals surface area contributed by atoms with Crippen LogP contribution in [0.25, 0.3) is 0 Å². The Morgan fingerprint density at radius 2 is 2.12 bits per heavy atom. The minimum absolute atomic E-state index is 0.0531. The lowest BCUT2D eigenvalue weighted by molar-refractivity contribution is -0.120. The molecule has 1 aliphatic heterocycles. The number of sulfonamides is 1. The molecule has 0 saturated carbocycles. The second kappa shape index (κ2) is 7.44. The first kappa shape index (κ1) is 18.4. The van der Waals surface area contributed by atoms with Crippen molar-refractivity contribution in [3.63, 3.8) is 0 Å². The monoisotopic (exact) mass is 381 g/mol. The molecule has 0 radical (unpaired) electrons. The van der Waals surface area contributed by atoms with Crippen molar-refractivity contribution in [1.29, 1.82) is 5.26 Å². The van der Waals surface area contributed by atoms with Gasteiger partial charge in [0.1, 0.15) is 11.1 Å². The number of fused-ring (bicyclic) bond motifs is 1. The van der Waals surface area contributed by atoms with Crippen LogP contribution in [0.3, 0.4) is 0 Å². The van der Waals surface area contributed by atoms with Gasteiger partial charge in [-0.3, -0.25) is 4.79 Å². The fourth-order valence-corrected chi connectivity index (χ4v) is 6.00. The minimum atomic E-state index is -3.27. The van der Waals surface area contributed by atoms with Gasteiger partial charge in [-0.25, -0.2) is 12.7 Å². The standard InChI is InChI=1S/C17H23N3O3S2/c1-2-25(22,23)20-9-5-6-12(11-20)16(21)19-17-14(10-18)13-7-3-4-8-15(13)24-17/h12H,2-9,11H2,1H3,(H,19,21). The van der Waals surface area contributed by atoms with Crippen LogP contribution in [0.2, 0.25) is 0 Å². The molecule has 1 fully saturated rings. The highest BCUT2D eigenvalue weighted by Crippen LogP contribution is 2.38.